The number of aromatic nitrogens is 4. The Bertz CT molecular complexity index is 2500. The van der Waals surface area contributed by atoms with Gasteiger partial charge >= 0.3 is 0 Å². The van der Waals surface area contributed by atoms with E-state index in [-0.39, 0.29) is 0 Å². The lowest BCUT2D eigenvalue weighted by atomic mass is 9.93. The fourth-order valence-corrected chi connectivity index (χ4v) is 6.66. The molecule has 0 amide bonds. The van der Waals surface area contributed by atoms with Crippen molar-refractivity contribution < 1.29 is 0 Å². The summed E-state index contributed by atoms with van der Waals surface area (Å²) in [6, 6.07) is 63.1. The summed E-state index contributed by atoms with van der Waals surface area (Å²) in [6.07, 6.45) is 0. The van der Waals surface area contributed by atoms with Gasteiger partial charge in [0.15, 0.2) is 5.82 Å². The molecule has 0 spiro atoms. The van der Waals surface area contributed by atoms with Gasteiger partial charge in [-0.05, 0) is 40.8 Å². The van der Waals surface area contributed by atoms with Crippen LogP contribution in [-0.2, 0) is 0 Å². The predicted molar refractivity (Wildman–Crippen MR) is 201 cm³/mol. The summed E-state index contributed by atoms with van der Waals surface area (Å²) < 4.78 is 2.10. The molecule has 4 heteroatoms. The van der Waals surface area contributed by atoms with Gasteiger partial charge in [-0.2, -0.15) is 5.10 Å². The van der Waals surface area contributed by atoms with E-state index in [1.165, 1.54) is 5.39 Å². The third-order valence-electron chi connectivity index (χ3n) is 9.04. The van der Waals surface area contributed by atoms with E-state index >= 15 is 0 Å². The van der Waals surface area contributed by atoms with Crippen LogP contribution in [0.1, 0.15) is 0 Å². The zero-order valence-corrected chi connectivity index (χ0v) is 26.6. The second-order valence-electron chi connectivity index (χ2n) is 12.1. The van der Waals surface area contributed by atoms with Crippen molar-refractivity contribution in [1.29, 1.82) is 0 Å². The highest BCUT2D eigenvalue weighted by atomic mass is 15.3. The molecule has 0 saturated heterocycles. The Hall–Kier alpha value is -6.65. The van der Waals surface area contributed by atoms with Crippen molar-refractivity contribution >= 4 is 21.7 Å². The van der Waals surface area contributed by atoms with Gasteiger partial charge < -0.3 is 0 Å². The molecule has 0 unspecified atom stereocenters. The zero-order valence-electron chi connectivity index (χ0n) is 26.6. The number of fused-ring (bicyclic) bond motifs is 3. The average molecular weight is 627 g/mol. The summed E-state index contributed by atoms with van der Waals surface area (Å²) in [4.78, 5) is 10.1. The van der Waals surface area contributed by atoms with E-state index in [1.54, 1.807) is 0 Å². The summed E-state index contributed by atoms with van der Waals surface area (Å²) in [5.74, 6) is 0.683. The fraction of sp³-hybridized carbons (Fsp3) is 0. The third-order valence-corrected chi connectivity index (χ3v) is 9.04. The van der Waals surface area contributed by atoms with Gasteiger partial charge in [0, 0.05) is 33.0 Å². The monoisotopic (exact) mass is 626 g/mol. The molecular formula is C45H30N4. The van der Waals surface area contributed by atoms with Crippen molar-refractivity contribution in [2.45, 2.75) is 0 Å². The van der Waals surface area contributed by atoms with Crippen LogP contribution in [0.25, 0.3) is 83.6 Å². The Kier molecular flexibility index (Phi) is 7.10. The van der Waals surface area contributed by atoms with Crippen LogP contribution < -0.4 is 0 Å². The minimum absolute atomic E-state index is 0.683. The maximum Gasteiger partial charge on any atom is 0.160 e. The molecule has 9 aromatic rings. The van der Waals surface area contributed by atoms with Crippen LogP contribution in [0.5, 0.6) is 0 Å². The zero-order chi connectivity index (χ0) is 32.6. The summed E-state index contributed by atoms with van der Waals surface area (Å²) in [5.41, 5.74) is 11.2. The summed E-state index contributed by atoms with van der Waals surface area (Å²) >= 11 is 0. The second kappa shape index (κ2) is 12.2. The van der Waals surface area contributed by atoms with Gasteiger partial charge in [-0.1, -0.05) is 158 Å². The standard InChI is InChI=1S/C45H30N4/c1-5-15-31(16-6-1)39-29-36-21-13-14-24-38(36)44-42(39)43(48-49(44)37-22-11-4-12-23-37)34-25-27-35(28-26-34)45-46-40(32-17-7-2-8-18-32)30-41(47-45)33-19-9-3-10-20-33/h1-30H. The molecule has 2 aromatic heterocycles. The van der Waals surface area contributed by atoms with E-state index in [1.807, 2.05) is 42.5 Å². The average Bonchev–Trinajstić information content (AvgIpc) is 3.60. The molecule has 0 fully saturated rings. The van der Waals surface area contributed by atoms with Crippen LogP contribution in [0.2, 0.25) is 0 Å². The van der Waals surface area contributed by atoms with E-state index in [2.05, 4.69) is 144 Å². The lowest BCUT2D eigenvalue weighted by Gasteiger charge is -2.11. The smallest absolute Gasteiger partial charge is 0.160 e. The van der Waals surface area contributed by atoms with E-state index in [0.717, 1.165) is 72.4 Å². The van der Waals surface area contributed by atoms with Crippen molar-refractivity contribution in [1.82, 2.24) is 19.7 Å². The normalized spacial score (nSPS) is 11.3. The van der Waals surface area contributed by atoms with Gasteiger partial charge in [-0.15, -0.1) is 0 Å². The van der Waals surface area contributed by atoms with Crippen LogP contribution in [0.4, 0.5) is 0 Å². The molecule has 0 atom stereocenters. The molecule has 4 nitrogen and oxygen atoms in total. The van der Waals surface area contributed by atoms with E-state index in [9.17, 15) is 0 Å². The van der Waals surface area contributed by atoms with Gasteiger partial charge in [0.25, 0.3) is 0 Å². The Morgan fingerprint density at radius 3 is 1.53 bits per heavy atom. The molecule has 9 rings (SSSR count). The van der Waals surface area contributed by atoms with Crippen molar-refractivity contribution in [3.63, 3.8) is 0 Å². The Morgan fingerprint density at radius 2 is 0.918 bits per heavy atom. The van der Waals surface area contributed by atoms with E-state index in [4.69, 9.17) is 15.1 Å². The molecule has 0 aliphatic rings. The van der Waals surface area contributed by atoms with Gasteiger partial charge in [0.2, 0.25) is 0 Å². The van der Waals surface area contributed by atoms with E-state index < -0.39 is 0 Å². The van der Waals surface area contributed by atoms with Crippen molar-refractivity contribution in [2.24, 2.45) is 0 Å². The quantitative estimate of drug-likeness (QED) is 0.184. The third kappa shape index (κ3) is 5.26. The molecular weight excluding hydrogens is 597 g/mol. The van der Waals surface area contributed by atoms with Crippen LogP contribution in [0.15, 0.2) is 182 Å². The Balaban J connectivity index is 1.24. The van der Waals surface area contributed by atoms with E-state index in [0.29, 0.717) is 5.82 Å². The number of nitrogens with zero attached hydrogens (tertiary/aromatic N) is 4. The lowest BCUT2D eigenvalue weighted by Crippen LogP contribution is -1.97. The van der Waals surface area contributed by atoms with Crippen molar-refractivity contribution in [3.05, 3.63) is 182 Å². The minimum atomic E-state index is 0.683. The Morgan fingerprint density at radius 1 is 0.408 bits per heavy atom. The molecule has 0 saturated carbocycles. The SMILES string of the molecule is c1ccc(-c2cc(-c3ccccc3)nc(-c3ccc(-c4nn(-c5ccccc5)c5c4c(-c4ccccc4)cc4ccccc45)cc3)n2)cc1. The molecule has 0 bridgehead atoms. The first kappa shape index (κ1) is 28.6. The van der Waals surface area contributed by atoms with Gasteiger partial charge in [-0.25, -0.2) is 14.6 Å². The highest BCUT2D eigenvalue weighted by Gasteiger charge is 2.21. The first-order valence-corrected chi connectivity index (χ1v) is 16.5. The summed E-state index contributed by atoms with van der Waals surface area (Å²) in [5, 5.41) is 8.82. The first-order chi connectivity index (χ1) is 24.3. The molecule has 0 radical (unpaired) electrons. The molecule has 0 N–H and O–H groups in total. The van der Waals surface area contributed by atoms with Gasteiger partial charge in [0.05, 0.1) is 22.6 Å². The second-order valence-corrected chi connectivity index (χ2v) is 12.1. The van der Waals surface area contributed by atoms with Crippen LogP contribution in [-0.4, -0.2) is 19.7 Å². The molecule has 230 valence electrons. The number of rotatable bonds is 6. The van der Waals surface area contributed by atoms with Crippen LogP contribution in [0.3, 0.4) is 0 Å². The fourth-order valence-electron chi connectivity index (χ4n) is 6.66. The molecule has 2 heterocycles. The molecule has 0 aliphatic carbocycles. The number of hydrogen-bond acceptors (Lipinski definition) is 3. The van der Waals surface area contributed by atoms with Crippen LogP contribution in [0, 0.1) is 0 Å². The molecule has 7 aromatic carbocycles. The molecule has 0 aliphatic heterocycles. The molecule has 49 heavy (non-hydrogen) atoms. The van der Waals surface area contributed by atoms with Gasteiger partial charge in [-0.3, -0.25) is 0 Å². The number of benzene rings is 7. The maximum atomic E-state index is 5.36. The lowest BCUT2D eigenvalue weighted by molar-refractivity contribution is 0.918. The van der Waals surface area contributed by atoms with Gasteiger partial charge in [0.1, 0.15) is 5.69 Å². The minimum Gasteiger partial charge on any atom is -0.232 e. The number of para-hydroxylation sites is 1. The maximum absolute atomic E-state index is 5.36. The Labute approximate surface area is 284 Å². The van der Waals surface area contributed by atoms with Crippen molar-refractivity contribution in [3.8, 4) is 62.0 Å². The number of hydrogen-bond donors (Lipinski definition) is 0. The largest absolute Gasteiger partial charge is 0.232 e. The summed E-state index contributed by atoms with van der Waals surface area (Å²) in [7, 11) is 0. The highest BCUT2D eigenvalue weighted by molar-refractivity contribution is 6.17. The van der Waals surface area contributed by atoms with Crippen LogP contribution >= 0.6 is 0 Å². The predicted octanol–water partition coefficient (Wildman–Crippen LogP) is 11.3. The van der Waals surface area contributed by atoms with Crippen molar-refractivity contribution in [2.75, 3.05) is 0 Å². The topological polar surface area (TPSA) is 43.6 Å². The summed E-state index contributed by atoms with van der Waals surface area (Å²) in [6.45, 7) is 0. The first-order valence-electron chi connectivity index (χ1n) is 16.5. The highest BCUT2D eigenvalue weighted by Crippen LogP contribution is 2.42.